The molecule has 0 saturated carbocycles. The Hall–Kier alpha value is -1.40. The highest BCUT2D eigenvalue weighted by molar-refractivity contribution is 7.92. The molecule has 0 aliphatic rings. The quantitative estimate of drug-likeness (QED) is 0.782. The first-order chi connectivity index (χ1) is 9.28. The van der Waals surface area contributed by atoms with Crippen molar-refractivity contribution in [3.8, 4) is 0 Å². The van der Waals surface area contributed by atoms with Gasteiger partial charge >= 0.3 is 0 Å². The molecule has 0 aliphatic carbocycles. The number of hydrogen-bond acceptors (Lipinski definition) is 4. The van der Waals surface area contributed by atoms with E-state index < -0.39 is 10.0 Å². The summed E-state index contributed by atoms with van der Waals surface area (Å²) in [4.78, 5) is 14.4. The van der Waals surface area contributed by atoms with E-state index in [2.05, 4.69) is 9.62 Å². The number of Topliss-reactive ketones (excluding diaryl/α,β-unsaturated/α-hetero) is 1. The lowest BCUT2D eigenvalue weighted by atomic mass is 10.0. The van der Waals surface area contributed by atoms with E-state index in [9.17, 15) is 13.2 Å². The largest absolute Gasteiger partial charge is 0.294 e. The van der Waals surface area contributed by atoms with Crippen molar-refractivity contribution in [2.75, 3.05) is 24.1 Å². The van der Waals surface area contributed by atoms with Gasteiger partial charge in [0, 0.05) is 11.3 Å². The predicted molar refractivity (Wildman–Crippen MR) is 81.6 cm³/mol. The van der Waals surface area contributed by atoms with Crippen LogP contribution in [0.5, 0.6) is 0 Å². The van der Waals surface area contributed by atoms with Gasteiger partial charge in [0.1, 0.15) is 0 Å². The Balaban J connectivity index is 2.85. The van der Waals surface area contributed by atoms with Gasteiger partial charge in [-0.1, -0.05) is 13.8 Å². The van der Waals surface area contributed by atoms with Gasteiger partial charge in [-0.25, -0.2) is 8.42 Å². The van der Waals surface area contributed by atoms with Crippen molar-refractivity contribution < 1.29 is 13.2 Å². The van der Waals surface area contributed by atoms with Gasteiger partial charge in [0.15, 0.2) is 5.78 Å². The number of carbonyl (C=O) groups is 1. The van der Waals surface area contributed by atoms with E-state index in [-0.39, 0.29) is 11.8 Å². The molecule has 0 fully saturated rings. The van der Waals surface area contributed by atoms with Gasteiger partial charge in [0.2, 0.25) is 10.0 Å². The highest BCUT2D eigenvalue weighted by atomic mass is 32.2. The second-order valence-corrected chi connectivity index (χ2v) is 6.46. The summed E-state index contributed by atoms with van der Waals surface area (Å²) >= 11 is 0. The second kappa shape index (κ2) is 6.85. The molecule has 1 aromatic rings. The summed E-state index contributed by atoms with van der Waals surface area (Å²) in [6.07, 6.45) is 1.09. The van der Waals surface area contributed by atoms with E-state index in [0.29, 0.717) is 11.3 Å². The van der Waals surface area contributed by atoms with Crippen LogP contribution >= 0.6 is 0 Å². The van der Waals surface area contributed by atoms with Crippen LogP contribution in [-0.4, -0.2) is 44.5 Å². The maximum absolute atomic E-state index is 12.3. The molecule has 1 atom stereocenters. The zero-order chi connectivity index (χ0) is 15.3. The molecule has 0 aromatic heterocycles. The van der Waals surface area contributed by atoms with E-state index in [0.717, 1.165) is 19.3 Å². The maximum atomic E-state index is 12.3. The zero-order valence-electron chi connectivity index (χ0n) is 12.4. The molecule has 0 aliphatic heterocycles. The maximum Gasteiger partial charge on any atom is 0.229 e. The third kappa shape index (κ3) is 4.61. The van der Waals surface area contributed by atoms with Crippen LogP contribution in [0.25, 0.3) is 0 Å². The monoisotopic (exact) mass is 298 g/mol. The molecule has 0 saturated heterocycles. The molecule has 0 unspecified atom stereocenters. The van der Waals surface area contributed by atoms with Crippen LogP contribution in [-0.2, 0) is 10.0 Å². The highest BCUT2D eigenvalue weighted by Gasteiger charge is 2.20. The van der Waals surface area contributed by atoms with Crippen LogP contribution < -0.4 is 4.72 Å². The van der Waals surface area contributed by atoms with E-state index in [1.807, 2.05) is 20.8 Å². The van der Waals surface area contributed by atoms with Crippen molar-refractivity contribution in [1.82, 2.24) is 4.90 Å². The molecule has 1 aromatic carbocycles. The lowest BCUT2D eigenvalue weighted by molar-refractivity contribution is 0.0851. The fourth-order valence-corrected chi connectivity index (χ4v) is 2.66. The Morgan fingerprint density at radius 1 is 1.20 bits per heavy atom. The predicted octanol–water partition coefficient (Wildman–Crippen LogP) is 1.97. The highest BCUT2D eigenvalue weighted by Crippen LogP contribution is 2.14. The number of anilines is 1. The van der Waals surface area contributed by atoms with Crippen LogP contribution in [0, 0.1) is 0 Å². The van der Waals surface area contributed by atoms with Crippen LogP contribution in [0.3, 0.4) is 0 Å². The van der Waals surface area contributed by atoms with E-state index in [4.69, 9.17) is 0 Å². The number of benzene rings is 1. The van der Waals surface area contributed by atoms with Crippen molar-refractivity contribution in [1.29, 1.82) is 0 Å². The molecular formula is C14H22N2O3S. The van der Waals surface area contributed by atoms with Crippen molar-refractivity contribution >= 4 is 21.5 Å². The number of nitrogens with zero attached hydrogens (tertiary/aromatic N) is 1. The van der Waals surface area contributed by atoms with Crippen molar-refractivity contribution in [2.24, 2.45) is 0 Å². The fourth-order valence-electron chi connectivity index (χ4n) is 2.09. The number of rotatable bonds is 7. The first-order valence-corrected chi connectivity index (χ1v) is 8.53. The molecular weight excluding hydrogens is 276 g/mol. The van der Waals surface area contributed by atoms with E-state index >= 15 is 0 Å². The van der Waals surface area contributed by atoms with Crippen molar-refractivity contribution in [2.45, 2.75) is 26.8 Å². The molecule has 5 nitrogen and oxygen atoms in total. The van der Waals surface area contributed by atoms with Crippen molar-refractivity contribution in [3.05, 3.63) is 29.8 Å². The Bertz CT molecular complexity index is 548. The first kappa shape index (κ1) is 16.7. The summed E-state index contributed by atoms with van der Waals surface area (Å²) in [6, 6.07) is 6.32. The van der Waals surface area contributed by atoms with Crippen LogP contribution in [0.15, 0.2) is 24.3 Å². The van der Waals surface area contributed by atoms with Crippen LogP contribution in [0.4, 0.5) is 5.69 Å². The summed E-state index contributed by atoms with van der Waals surface area (Å²) in [5.41, 5.74) is 1.04. The van der Waals surface area contributed by atoms with Gasteiger partial charge in [-0.15, -0.1) is 0 Å². The normalized spacial score (nSPS) is 13.2. The number of likely N-dealkylation sites (N-methyl/N-ethyl adjacent to an activating group) is 1. The third-order valence-electron chi connectivity index (χ3n) is 3.21. The summed E-state index contributed by atoms with van der Waals surface area (Å²) in [5.74, 6) is 0.0413. The minimum atomic E-state index is -3.29. The Labute approximate surface area is 121 Å². The summed E-state index contributed by atoms with van der Waals surface area (Å²) in [7, 11) is -3.29. The smallest absolute Gasteiger partial charge is 0.229 e. The summed E-state index contributed by atoms with van der Waals surface area (Å²) in [6.45, 7) is 7.56. The van der Waals surface area contributed by atoms with Crippen molar-refractivity contribution in [3.63, 3.8) is 0 Å². The van der Waals surface area contributed by atoms with Gasteiger partial charge in [0.25, 0.3) is 0 Å². The number of nitrogens with one attached hydrogen (secondary N) is 1. The van der Waals surface area contributed by atoms with E-state index in [1.54, 1.807) is 24.3 Å². The molecule has 0 radical (unpaired) electrons. The molecule has 6 heteroatoms. The molecule has 0 spiro atoms. The Morgan fingerprint density at radius 3 is 2.10 bits per heavy atom. The minimum absolute atomic E-state index is 0.0413. The Morgan fingerprint density at radius 2 is 1.70 bits per heavy atom. The molecule has 0 amide bonds. The third-order valence-corrected chi connectivity index (χ3v) is 3.82. The van der Waals surface area contributed by atoms with Gasteiger partial charge < -0.3 is 0 Å². The summed E-state index contributed by atoms with van der Waals surface area (Å²) in [5, 5.41) is 0. The zero-order valence-corrected chi connectivity index (χ0v) is 13.2. The molecule has 0 heterocycles. The topological polar surface area (TPSA) is 66.5 Å². The Kier molecular flexibility index (Phi) is 5.71. The summed E-state index contributed by atoms with van der Waals surface area (Å²) < 4.78 is 24.6. The van der Waals surface area contributed by atoms with Gasteiger partial charge in [-0.05, 0) is 44.3 Å². The number of carbonyl (C=O) groups excluding carboxylic acids is 1. The fraction of sp³-hybridized carbons (Fsp3) is 0.500. The standard InChI is InChI=1S/C14H22N2O3S/c1-5-16(6-2)11(3)14(17)12-7-9-13(10-8-12)15-20(4,18)19/h7-11,15H,5-6H2,1-4H3/t11-/m0/s1. The van der Waals surface area contributed by atoms with Crippen LogP contribution in [0.2, 0.25) is 0 Å². The lowest BCUT2D eigenvalue weighted by Gasteiger charge is -2.25. The number of hydrogen-bond donors (Lipinski definition) is 1. The second-order valence-electron chi connectivity index (χ2n) is 4.71. The van der Waals surface area contributed by atoms with Gasteiger partial charge in [0.05, 0.1) is 12.3 Å². The SMILES string of the molecule is CCN(CC)[C@@H](C)C(=O)c1ccc(NS(C)(=O)=O)cc1. The molecule has 0 bridgehead atoms. The van der Waals surface area contributed by atoms with Crippen LogP contribution in [0.1, 0.15) is 31.1 Å². The van der Waals surface area contributed by atoms with Gasteiger partial charge in [-0.3, -0.25) is 14.4 Å². The van der Waals surface area contributed by atoms with Gasteiger partial charge in [-0.2, -0.15) is 0 Å². The first-order valence-electron chi connectivity index (χ1n) is 6.64. The lowest BCUT2D eigenvalue weighted by Crippen LogP contribution is -2.38. The minimum Gasteiger partial charge on any atom is -0.294 e. The van der Waals surface area contributed by atoms with E-state index in [1.165, 1.54) is 0 Å². The average molecular weight is 298 g/mol. The molecule has 112 valence electrons. The molecule has 20 heavy (non-hydrogen) atoms. The average Bonchev–Trinajstić information content (AvgIpc) is 2.38. The molecule has 1 rings (SSSR count). The number of ketones is 1. The molecule has 1 N–H and O–H groups in total. The number of sulfonamides is 1.